The molecule has 1 rings (SSSR count). The molecular formula is C11H18ClNO. The van der Waals surface area contributed by atoms with Crippen molar-refractivity contribution < 1.29 is 4.79 Å². The van der Waals surface area contributed by atoms with Crippen LogP contribution < -0.4 is 0 Å². The van der Waals surface area contributed by atoms with Crippen LogP contribution in [-0.2, 0) is 4.79 Å². The summed E-state index contributed by atoms with van der Waals surface area (Å²) >= 11 is 5.59. The van der Waals surface area contributed by atoms with Crippen LogP contribution in [0.25, 0.3) is 0 Å². The van der Waals surface area contributed by atoms with E-state index in [1.54, 1.807) is 0 Å². The van der Waals surface area contributed by atoms with Crippen molar-refractivity contribution in [1.82, 2.24) is 4.90 Å². The van der Waals surface area contributed by atoms with Gasteiger partial charge in [-0.3, -0.25) is 4.79 Å². The van der Waals surface area contributed by atoms with Crippen molar-refractivity contribution in [2.45, 2.75) is 45.6 Å². The maximum Gasteiger partial charge on any atom is 0.241 e. The van der Waals surface area contributed by atoms with Gasteiger partial charge in [-0.2, -0.15) is 0 Å². The van der Waals surface area contributed by atoms with Crippen LogP contribution in [0.2, 0.25) is 0 Å². The fraction of sp³-hybridized carbons (Fsp3) is 0.727. The van der Waals surface area contributed by atoms with Gasteiger partial charge in [0, 0.05) is 11.7 Å². The highest BCUT2D eigenvalue weighted by molar-refractivity contribution is 6.27. The molecule has 0 atom stereocenters. The molecule has 0 spiro atoms. The van der Waals surface area contributed by atoms with Crippen molar-refractivity contribution >= 4 is 17.5 Å². The van der Waals surface area contributed by atoms with Gasteiger partial charge in [0.05, 0.1) is 0 Å². The summed E-state index contributed by atoms with van der Waals surface area (Å²) in [6.07, 6.45) is 6.71. The number of amides is 1. The molecule has 1 aliphatic rings. The summed E-state index contributed by atoms with van der Waals surface area (Å²) in [6.45, 7) is 4.06. The smallest absolute Gasteiger partial charge is 0.241 e. The lowest BCUT2D eigenvalue weighted by Crippen LogP contribution is -2.37. The van der Waals surface area contributed by atoms with Crippen molar-refractivity contribution in [3.63, 3.8) is 0 Å². The maximum absolute atomic E-state index is 11.6. The molecule has 0 radical (unpaired) electrons. The van der Waals surface area contributed by atoms with E-state index >= 15 is 0 Å². The standard InChI is InChI=1S/C11H18ClNO/c1-9(2)13(11(14)8-12)10-6-4-3-5-7-10/h6,9H,3-5,7-8H2,1-2H3. The Balaban J connectivity index is 2.76. The molecule has 1 aliphatic carbocycles. The second-order valence-electron chi connectivity index (χ2n) is 3.93. The van der Waals surface area contributed by atoms with E-state index in [-0.39, 0.29) is 17.8 Å². The van der Waals surface area contributed by atoms with Crippen LogP contribution in [0.5, 0.6) is 0 Å². The van der Waals surface area contributed by atoms with E-state index in [1.807, 2.05) is 18.7 Å². The topological polar surface area (TPSA) is 20.3 Å². The van der Waals surface area contributed by atoms with Crippen molar-refractivity contribution in [2.24, 2.45) is 0 Å². The molecule has 0 aromatic carbocycles. The molecule has 0 N–H and O–H groups in total. The van der Waals surface area contributed by atoms with Gasteiger partial charge >= 0.3 is 0 Å². The SMILES string of the molecule is CC(C)N(C(=O)CCl)C1=CCCCC1. The van der Waals surface area contributed by atoms with Gasteiger partial charge in [-0.1, -0.05) is 6.08 Å². The largest absolute Gasteiger partial charge is 0.313 e. The van der Waals surface area contributed by atoms with Crippen LogP contribution in [0.1, 0.15) is 39.5 Å². The van der Waals surface area contributed by atoms with Gasteiger partial charge in [0.1, 0.15) is 5.88 Å². The normalized spacial score (nSPS) is 16.7. The van der Waals surface area contributed by atoms with Gasteiger partial charge in [0.2, 0.25) is 5.91 Å². The molecule has 80 valence electrons. The molecular weight excluding hydrogens is 198 g/mol. The number of hydrogen-bond donors (Lipinski definition) is 0. The van der Waals surface area contributed by atoms with Crippen molar-refractivity contribution in [2.75, 3.05) is 5.88 Å². The zero-order valence-corrected chi connectivity index (χ0v) is 9.68. The number of carbonyl (C=O) groups excluding carboxylic acids is 1. The van der Waals surface area contributed by atoms with E-state index in [4.69, 9.17) is 11.6 Å². The molecule has 2 nitrogen and oxygen atoms in total. The Morgan fingerprint density at radius 3 is 2.71 bits per heavy atom. The third-order valence-electron chi connectivity index (χ3n) is 2.48. The Labute approximate surface area is 90.9 Å². The second-order valence-corrected chi connectivity index (χ2v) is 4.20. The lowest BCUT2D eigenvalue weighted by molar-refractivity contribution is -0.128. The number of rotatable bonds is 3. The summed E-state index contributed by atoms with van der Waals surface area (Å²) < 4.78 is 0. The maximum atomic E-state index is 11.6. The molecule has 0 aliphatic heterocycles. The van der Waals surface area contributed by atoms with Gasteiger partial charge in [-0.05, 0) is 39.5 Å². The summed E-state index contributed by atoms with van der Waals surface area (Å²) in [6, 6.07) is 0.214. The quantitative estimate of drug-likeness (QED) is 0.663. The average Bonchev–Trinajstić information content (AvgIpc) is 2.19. The summed E-state index contributed by atoms with van der Waals surface area (Å²) in [5, 5.41) is 0. The first-order valence-corrected chi connectivity index (χ1v) is 5.77. The molecule has 0 aromatic rings. The van der Waals surface area contributed by atoms with Gasteiger partial charge in [0.25, 0.3) is 0 Å². The highest BCUT2D eigenvalue weighted by atomic mass is 35.5. The molecule has 0 bridgehead atoms. The Kier molecular flexibility index (Phi) is 4.46. The van der Waals surface area contributed by atoms with Gasteiger partial charge < -0.3 is 4.90 Å². The van der Waals surface area contributed by atoms with Crippen LogP contribution in [-0.4, -0.2) is 22.7 Å². The molecule has 0 heterocycles. The van der Waals surface area contributed by atoms with E-state index < -0.39 is 0 Å². The Bertz CT molecular complexity index is 235. The Morgan fingerprint density at radius 2 is 2.29 bits per heavy atom. The third kappa shape index (κ3) is 2.74. The molecule has 0 saturated carbocycles. The number of halogens is 1. The molecule has 3 heteroatoms. The first-order valence-electron chi connectivity index (χ1n) is 5.24. The van der Waals surface area contributed by atoms with Crippen LogP contribution in [0.4, 0.5) is 0 Å². The minimum absolute atomic E-state index is 0.0230. The molecule has 0 unspecified atom stereocenters. The van der Waals surface area contributed by atoms with E-state index in [0.717, 1.165) is 18.5 Å². The number of carbonyl (C=O) groups is 1. The first kappa shape index (κ1) is 11.6. The minimum Gasteiger partial charge on any atom is -0.313 e. The fourth-order valence-corrected chi connectivity index (χ4v) is 2.01. The van der Waals surface area contributed by atoms with E-state index in [1.165, 1.54) is 12.8 Å². The summed E-state index contributed by atoms with van der Waals surface area (Å²) in [7, 11) is 0. The second kappa shape index (κ2) is 5.40. The zero-order valence-electron chi connectivity index (χ0n) is 8.92. The average molecular weight is 216 g/mol. The van der Waals surface area contributed by atoms with Crippen molar-refractivity contribution in [3.05, 3.63) is 11.8 Å². The number of allylic oxidation sites excluding steroid dienone is 2. The van der Waals surface area contributed by atoms with Crippen molar-refractivity contribution in [3.8, 4) is 0 Å². The van der Waals surface area contributed by atoms with E-state index in [2.05, 4.69) is 6.08 Å². The minimum atomic E-state index is 0.0230. The molecule has 1 amide bonds. The van der Waals surface area contributed by atoms with E-state index in [0.29, 0.717) is 0 Å². The molecule has 14 heavy (non-hydrogen) atoms. The van der Waals surface area contributed by atoms with Crippen LogP contribution >= 0.6 is 11.6 Å². The Hall–Kier alpha value is -0.500. The van der Waals surface area contributed by atoms with Crippen LogP contribution in [0.3, 0.4) is 0 Å². The van der Waals surface area contributed by atoms with Crippen LogP contribution in [0.15, 0.2) is 11.8 Å². The third-order valence-corrected chi connectivity index (χ3v) is 2.70. The summed E-state index contributed by atoms with van der Waals surface area (Å²) in [4.78, 5) is 13.4. The number of hydrogen-bond acceptors (Lipinski definition) is 1. The van der Waals surface area contributed by atoms with Gasteiger partial charge in [-0.15, -0.1) is 11.6 Å². The van der Waals surface area contributed by atoms with Gasteiger partial charge in [0.15, 0.2) is 0 Å². The predicted octanol–water partition coefficient (Wildman–Crippen LogP) is 2.92. The van der Waals surface area contributed by atoms with Crippen LogP contribution in [0, 0.1) is 0 Å². The van der Waals surface area contributed by atoms with Crippen molar-refractivity contribution in [1.29, 1.82) is 0 Å². The molecule has 0 aromatic heterocycles. The summed E-state index contributed by atoms with van der Waals surface area (Å²) in [5.74, 6) is 0.102. The number of nitrogens with zero attached hydrogens (tertiary/aromatic N) is 1. The highest BCUT2D eigenvalue weighted by Crippen LogP contribution is 2.23. The van der Waals surface area contributed by atoms with Gasteiger partial charge in [-0.25, -0.2) is 0 Å². The lowest BCUT2D eigenvalue weighted by atomic mass is 10.0. The van der Waals surface area contributed by atoms with E-state index in [9.17, 15) is 4.79 Å². The zero-order chi connectivity index (χ0) is 10.6. The Morgan fingerprint density at radius 1 is 1.57 bits per heavy atom. The molecule has 0 saturated heterocycles. The lowest BCUT2D eigenvalue weighted by Gasteiger charge is -2.30. The predicted molar refractivity (Wildman–Crippen MR) is 59.3 cm³/mol. The fourth-order valence-electron chi connectivity index (χ4n) is 1.88. The summed E-state index contributed by atoms with van der Waals surface area (Å²) in [5.41, 5.74) is 1.16. The molecule has 0 fully saturated rings. The first-order chi connectivity index (χ1) is 6.66. The highest BCUT2D eigenvalue weighted by Gasteiger charge is 2.20. The number of alkyl halides is 1. The monoisotopic (exact) mass is 215 g/mol.